The van der Waals surface area contributed by atoms with Gasteiger partial charge >= 0.3 is 0 Å². The van der Waals surface area contributed by atoms with Crippen molar-refractivity contribution in [1.29, 1.82) is 0 Å². The maximum absolute atomic E-state index is 6.83. The van der Waals surface area contributed by atoms with Crippen LogP contribution in [0.2, 0.25) is 5.02 Å². The van der Waals surface area contributed by atoms with Gasteiger partial charge in [0.15, 0.2) is 11.5 Å². The van der Waals surface area contributed by atoms with Crippen molar-refractivity contribution in [3.8, 4) is 17.2 Å². The monoisotopic (exact) mass is 397 g/mol. The summed E-state index contributed by atoms with van der Waals surface area (Å²) in [7, 11) is 5.01. The molecule has 2 aliphatic heterocycles. The lowest BCUT2D eigenvalue weighted by atomic mass is 9.85. The maximum atomic E-state index is 6.83. The quantitative estimate of drug-likeness (QED) is 0.569. The summed E-state index contributed by atoms with van der Waals surface area (Å²) >= 11 is 6.83. The number of ether oxygens (including phenoxy) is 3. The summed E-state index contributed by atoms with van der Waals surface area (Å²) in [5.41, 5.74) is 2.81. The Kier molecular flexibility index (Phi) is 4.29. The molecule has 1 atom stereocenters. The minimum absolute atomic E-state index is 0.634. The molecule has 0 saturated carbocycles. The molecule has 2 aliphatic rings. The van der Waals surface area contributed by atoms with Crippen molar-refractivity contribution < 1.29 is 14.2 Å². The summed E-state index contributed by atoms with van der Waals surface area (Å²) in [6.07, 6.45) is 3.62. The highest BCUT2D eigenvalue weighted by Gasteiger charge is 2.33. The van der Waals surface area contributed by atoms with Crippen LogP contribution in [-0.4, -0.2) is 38.8 Å². The Hall–Kier alpha value is -2.17. The Bertz CT molecular complexity index is 1090. The Morgan fingerprint density at radius 1 is 0.893 bits per heavy atom. The second kappa shape index (κ2) is 6.71. The van der Waals surface area contributed by atoms with Crippen molar-refractivity contribution in [3.05, 3.63) is 40.4 Å². The third-order valence-electron chi connectivity index (χ3n) is 6.43. The van der Waals surface area contributed by atoms with Crippen LogP contribution >= 0.6 is 11.6 Å². The van der Waals surface area contributed by atoms with E-state index in [1.807, 2.05) is 6.07 Å². The Labute approximate surface area is 169 Å². The number of rotatable bonds is 3. The van der Waals surface area contributed by atoms with Crippen LogP contribution < -0.4 is 14.2 Å². The molecule has 5 rings (SSSR count). The standard InChI is InChI=1S/C23H24ClNO3/c1-26-19-7-6-14-18-12-25-8-4-5-13(25)9-15(18)16-10-20(27-2)21(28-3)11-17(16)22(14)23(19)24/h6-7,10-11,13H,4-5,8-9,12H2,1-3H3. The van der Waals surface area contributed by atoms with E-state index in [9.17, 15) is 0 Å². The molecule has 0 N–H and O–H groups in total. The number of halogens is 1. The number of hydrogen-bond donors (Lipinski definition) is 0. The van der Waals surface area contributed by atoms with Crippen LogP contribution in [0, 0.1) is 0 Å². The van der Waals surface area contributed by atoms with Crippen LogP contribution in [0.1, 0.15) is 24.0 Å². The Morgan fingerprint density at radius 2 is 1.61 bits per heavy atom. The molecule has 0 aromatic heterocycles. The molecule has 5 heteroatoms. The fourth-order valence-corrected chi connectivity index (χ4v) is 5.42. The first-order valence-corrected chi connectivity index (χ1v) is 10.1. The van der Waals surface area contributed by atoms with Crippen molar-refractivity contribution >= 4 is 33.1 Å². The van der Waals surface area contributed by atoms with Crippen molar-refractivity contribution in [3.63, 3.8) is 0 Å². The molecule has 0 spiro atoms. The van der Waals surface area contributed by atoms with Crippen molar-refractivity contribution in [2.45, 2.75) is 31.8 Å². The SMILES string of the molecule is COc1cc2c3c(c4ccc(OC)c(Cl)c4c2cc1OC)CN1CCCC1C3. The molecule has 3 aromatic rings. The van der Waals surface area contributed by atoms with E-state index >= 15 is 0 Å². The van der Waals surface area contributed by atoms with Crippen LogP contribution in [0.15, 0.2) is 24.3 Å². The van der Waals surface area contributed by atoms with Gasteiger partial charge in [-0.25, -0.2) is 0 Å². The second-order valence-corrected chi connectivity index (χ2v) is 8.06. The van der Waals surface area contributed by atoms with Crippen LogP contribution in [0.3, 0.4) is 0 Å². The van der Waals surface area contributed by atoms with Gasteiger partial charge < -0.3 is 14.2 Å². The molecule has 2 heterocycles. The molecule has 1 fully saturated rings. The zero-order valence-corrected chi connectivity index (χ0v) is 17.2. The lowest BCUT2D eigenvalue weighted by Crippen LogP contribution is -2.35. The van der Waals surface area contributed by atoms with E-state index in [1.54, 1.807) is 21.3 Å². The second-order valence-electron chi connectivity index (χ2n) is 7.68. The smallest absolute Gasteiger partial charge is 0.161 e. The first kappa shape index (κ1) is 17.9. The molecule has 1 unspecified atom stereocenters. The highest BCUT2D eigenvalue weighted by atomic mass is 35.5. The molecule has 28 heavy (non-hydrogen) atoms. The summed E-state index contributed by atoms with van der Waals surface area (Å²) in [5.74, 6) is 2.16. The van der Waals surface area contributed by atoms with Crippen molar-refractivity contribution in [2.24, 2.45) is 0 Å². The Morgan fingerprint density at radius 3 is 2.32 bits per heavy atom. The lowest BCUT2D eigenvalue weighted by Gasteiger charge is -2.33. The van der Waals surface area contributed by atoms with Gasteiger partial charge in [0.2, 0.25) is 0 Å². The number of hydrogen-bond acceptors (Lipinski definition) is 4. The van der Waals surface area contributed by atoms with Crippen molar-refractivity contribution in [2.75, 3.05) is 27.9 Å². The third-order valence-corrected chi connectivity index (χ3v) is 6.81. The van der Waals surface area contributed by atoms with Gasteiger partial charge in [0.05, 0.1) is 26.4 Å². The number of nitrogens with zero attached hydrogens (tertiary/aromatic N) is 1. The zero-order chi connectivity index (χ0) is 19.4. The normalized spacial score (nSPS) is 18.9. The molecule has 146 valence electrons. The number of fused-ring (bicyclic) bond motifs is 7. The van der Waals surface area contributed by atoms with Crippen LogP contribution in [0.4, 0.5) is 0 Å². The van der Waals surface area contributed by atoms with E-state index < -0.39 is 0 Å². The van der Waals surface area contributed by atoms with E-state index in [-0.39, 0.29) is 0 Å². The molecule has 0 radical (unpaired) electrons. The van der Waals surface area contributed by atoms with Gasteiger partial charge in [-0.05, 0) is 71.3 Å². The number of benzene rings is 3. The maximum Gasteiger partial charge on any atom is 0.161 e. The highest BCUT2D eigenvalue weighted by molar-refractivity contribution is 6.39. The third kappa shape index (κ3) is 2.48. The van der Waals surface area contributed by atoms with Gasteiger partial charge in [-0.1, -0.05) is 17.7 Å². The molecule has 0 bridgehead atoms. The lowest BCUT2D eigenvalue weighted by molar-refractivity contribution is 0.229. The first-order chi connectivity index (χ1) is 13.7. The Balaban J connectivity index is 1.92. The largest absolute Gasteiger partial charge is 0.495 e. The molecule has 0 amide bonds. The molecule has 4 nitrogen and oxygen atoms in total. The van der Waals surface area contributed by atoms with Gasteiger partial charge in [0, 0.05) is 18.0 Å². The topological polar surface area (TPSA) is 30.9 Å². The average molecular weight is 398 g/mol. The van der Waals surface area contributed by atoms with Gasteiger partial charge in [0.25, 0.3) is 0 Å². The van der Waals surface area contributed by atoms with E-state index in [0.717, 1.165) is 29.5 Å². The zero-order valence-electron chi connectivity index (χ0n) is 16.5. The predicted octanol–water partition coefficient (Wildman–Crippen LogP) is 5.19. The van der Waals surface area contributed by atoms with Gasteiger partial charge in [-0.3, -0.25) is 4.90 Å². The molecule has 3 aromatic carbocycles. The summed E-state index contributed by atoms with van der Waals surface area (Å²) in [5, 5.41) is 5.21. The van der Waals surface area contributed by atoms with Crippen LogP contribution in [-0.2, 0) is 13.0 Å². The van der Waals surface area contributed by atoms with E-state index in [1.165, 1.54) is 41.3 Å². The van der Waals surface area contributed by atoms with Crippen LogP contribution in [0.25, 0.3) is 21.5 Å². The molecular formula is C23H24ClNO3. The van der Waals surface area contributed by atoms with Crippen LogP contribution in [0.5, 0.6) is 17.2 Å². The van der Waals surface area contributed by atoms with Gasteiger partial charge in [0.1, 0.15) is 5.75 Å². The van der Waals surface area contributed by atoms with E-state index in [0.29, 0.717) is 22.6 Å². The first-order valence-electron chi connectivity index (χ1n) is 9.76. The van der Waals surface area contributed by atoms with E-state index in [4.69, 9.17) is 25.8 Å². The van der Waals surface area contributed by atoms with Crippen molar-refractivity contribution in [1.82, 2.24) is 4.90 Å². The number of methoxy groups -OCH3 is 3. The average Bonchev–Trinajstić information content (AvgIpc) is 3.19. The summed E-state index contributed by atoms with van der Waals surface area (Å²) in [4.78, 5) is 2.62. The summed E-state index contributed by atoms with van der Waals surface area (Å²) in [6.45, 7) is 2.16. The molecule has 0 aliphatic carbocycles. The van der Waals surface area contributed by atoms with Gasteiger partial charge in [-0.15, -0.1) is 0 Å². The fraction of sp³-hybridized carbons (Fsp3) is 0.391. The summed E-state index contributed by atoms with van der Waals surface area (Å²) in [6, 6.07) is 8.95. The summed E-state index contributed by atoms with van der Waals surface area (Å²) < 4.78 is 16.7. The minimum Gasteiger partial charge on any atom is -0.495 e. The fourth-order valence-electron chi connectivity index (χ4n) is 5.08. The minimum atomic E-state index is 0.634. The van der Waals surface area contributed by atoms with E-state index in [2.05, 4.69) is 23.1 Å². The predicted molar refractivity (Wildman–Crippen MR) is 113 cm³/mol. The molecule has 1 saturated heterocycles. The molecular weight excluding hydrogens is 374 g/mol. The highest BCUT2D eigenvalue weighted by Crippen LogP contribution is 2.47. The van der Waals surface area contributed by atoms with Gasteiger partial charge in [-0.2, -0.15) is 0 Å².